The van der Waals surface area contributed by atoms with Crippen LogP contribution in [0.5, 0.6) is 5.88 Å². The molecule has 2 heterocycles. The molecule has 1 atom stereocenters. The lowest BCUT2D eigenvalue weighted by Gasteiger charge is -2.14. The van der Waals surface area contributed by atoms with Gasteiger partial charge in [0.05, 0.1) is 18.8 Å². The average Bonchev–Trinajstić information content (AvgIpc) is 3.04. The summed E-state index contributed by atoms with van der Waals surface area (Å²) >= 11 is 0. The van der Waals surface area contributed by atoms with Crippen molar-refractivity contribution in [1.29, 1.82) is 0 Å². The summed E-state index contributed by atoms with van der Waals surface area (Å²) in [5, 5.41) is 10.5. The molecule has 0 spiro atoms. The summed E-state index contributed by atoms with van der Waals surface area (Å²) in [5.41, 5.74) is 1.67. The van der Waals surface area contributed by atoms with Crippen LogP contribution in [0.3, 0.4) is 0 Å². The molecular weight excluding hydrogens is 290 g/mol. The van der Waals surface area contributed by atoms with E-state index in [1.165, 1.54) is 0 Å². The maximum Gasteiger partial charge on any atom is 0.213 e. The molecule has 0 aliphatic rings. The number of aromatic nitrogens is 3. The largest absolute Gasteiger partial charge is 0.478 e. The molecule has 3 aromatic rings. The molecule has 0 saturated carbocycles. The normalized spacial score (nSPS) is 12.1. The van der Waals surface area contributed by atoms with E-state index in [-0.39, 0.29) is 0 Å². The van der Waals surface area contributed by atoms with Crippen molar-refractivity contribution in [3.63, 3.8) is 0 Å². The van der Waals surface area contributed by atoms with Gasteiger partial charge in [0.25, 0.3) is 0 Å². The molecule has 3 rings (SSSR count). The van der Waals surface area contributed by atoms with Crippen LogP contribution in [-0.2, 0) is 6.54 Å². The minimum atomic E-state index is -0.763. The first-order chi connectivity index (χ1) is 11.3. The van der Waals surface area contributed by atoms with Gasteiger partial charge in [0, 0.05) is 18.5 Å². The van der Waals surface area contributed by atoms with Gasteiger partial charge in [-0.1, -0.05) is 36.4 Å². The third kappa shape index (κ3) is 3.57. The predicted molar refractivity (Wildman–Crippen MR) is 87.2 cm³/mol. The lowest BCUT2D eigenvalue weighted by Crippen LogP contribution is -2.11. The highest BCUT2D eigenvalue weighted by Gasteiger charge is 2.16. The van der Waals surface area contributed by atoms with Gasteiger partial charge in [-0.25, -0.2) is 9.97 Å². The molecule has 0 amide bonds. The molecule has 0 bridgehead atoms. The van der Waals surface area contributed by atoms with Gasteiger partial charge < -0.3 is 14.4 Å². The Morgan fingerprint density at radius 2 is 1.96 bits per heavy atom. The Balaban J connectivity index is 1.83. The fourth-order valence-corrected chi connectivity index (χ4v) is 2.43. The molecule has 0 fully saturated rings. The van der Waals surface area contributed by atoms with Crippen LogP contribution in [0.15, 0.2) is 60.9 Å². The molecule has 0 unspecified atom stereocenters. The summed E-state index contributed by atoms with van der Waals surface area (Å²) in [6.07, 6.45) is 2.77. The van der Waals surface area contributed by atoms with Gasteiger partial charge in [0.1, 0.15) is 11.9 Å². The number of hydrogen-bond donors (Lipinski definition) is 1. The first kappa shape index (κ1) is 15.2. The molecule has 118 valence electrons. The number of rotatable bonds is 6. The van der Waals surface area contributed by atoms with Crippen molar-refractivity contribution in [2.45, 2.75) is 19.6 Å². The molecule has 0 aliphatic heterocycles. The molecule has 5 heteroatoms. The number of benzene rings is 1. The summed E-state index contributed by atoms with van der Waals surface area (Å²) < 4.78 is 7.33. The highest BCUT2D eigenvalue weighted by Crippen LogP contribution is 2.21. The third-order valence-electron chi connectivity index (χ3n) is 3.51. The highest BCUT2D eigenvalue weighted by atomic mass is 16.5. The van der Waals surface area contributed by atoms with E-state index in [2.05, 4.69) is 9.97 Å². The van der Waals surface area contributed by atoms with Crippen molar-refractivity contribution in [3.8, 4) is 5.88 Å². The Morgan fingerprint density at radius 3 is 2.74 bits per heavy atom. The standard InChI is InChI=1S/C18H19N3O2/c1-2-23-16-10-6-9-15(20-16)13-21-12-11-19-18(21)17(22)14-7-4-3-5-8-14/h3-12,17,22H,2,13H2,1H3/t17-/m0/s1. The quantitative estimate of drug-likeness (QED) is 0.760. The molecular formula is C18H19N3O2. The molecule has 23 heavy (non-hydrogen) atoms. The van der Waals surface area contributed by atoms with Crippen LogP contribution in [0.25, 0.3) is 0 Å². The van der Waals surface area contributed by atoms with Gasteiger partial charge in [-0.3, -0.25) is 0 Å². The Bertz CT molecular complexity index is 756. The van der Waals surface area contributed by atoms with Crippen molar-refractivity contribution in [2.75, 3.05) is 6.61 Å². The first-order valence-electron chi connectivity index (χ1n) is 7.60. The zero-order valence-corrected chi connectivity index (χ0v) is 13.0. The number of aliphatic hydroxyl groups excluding tert-OH is 1. The van der Waals surface area contributed by atoms with Gasteiger partial charge in [-0.2, -0.15) is 0 Å². The van der Waals surface area contributed by atoms with Gasteiger partial charge in [-0.05, 0) is 18.6 Å². The zero-order valence-electron chi connectivity index (χ0n) is 13.0. The lowest BCUT2D eigenvalue weighted by molar-refractivity contribution is 0.205. The number of imidazole rings is 1. The zero-order chi connectivity index (χ0) is 16.1. The van der Waals surface area contributed by atoms with Crippen LogP contribution in [0.1, 0.15) is 30.1 Å². The fraction of sp³-hybridized carbons (Fsp3) is 0.222. The van der Waals surface area contributed by atoms with Crippen molar-refractivity contribution in [1.82, 2.24) is 14.5 Å². The molecule has 5 nitrogen and oxygen atoms in total. The number of aliphatic hydroxyl groups is 1. The summed E-state index contributed by atoms with van der Waals surface area (Å²) in [4.78, 5) is 8.76. The van der Waals surface area contributed by atoms with Gasteiger partial charge in [0.15, 0.2) is 0 Å². The topological polar surface area (TPSA) is 60.2 Å². The fourth-order valence-electron chi connectivity index (χ4n) is 2.43. The van der Waals surface area contributed by atoms with E-state index in [0.29, 0.717) is 24.9 Å². The van der Waals surface area contributed by atoms with Gasteiger partial charge >= 0.3 is 0 Å². The minimum absolute atomic E-state index is 0.528. The Kier molecular flexibility index (Phi) is 4.68. The second-order valence-electron chi connectivity index (χ2n) is 5.13. The molecule has 1 N–H and O–H groups in total. The molecule has 1 aromatic carbocycles. The van der Waals surface area contributed by atoms with Crippen LogP contribution in [0.4, 0.5) is 0 Å². The van der Waals surface area contributed by atoms with Crippen molar-refractivity contribution >= 4 is 0 Å². The molecule has 0 radical (unpaired) electrons. The summed E-state index contributed by atoms with van der Waals surface area (Å²) in [6.45, 7) is 3.04. The van der Waals surface area contributed by atoms with E-state index >= 15 is 0 Å². The lowest BCUT2D eigenvalue weighted by atomic mass is 10.1. The summed E-state index contributed by atoms with van der Waals surface area (Å²) in [7, 11) is 0. The van der Waals surface area contributed by atoms with E-state index in [4.69, 9.17) is 4.74 Å². The number of nitrogens with zero attached hydrogens (tertiary/aromatic N) is 3. The van der Waals surface area contributed by atoms with Gasteiger partial charge in [0.2, 0.25) is 5.88 Å². The second kappa shape index (κ2) is 7.07. The summed E-state index contributed by atoms with van der Waals surface area (Å²) in [5.74, 6) is 1.20. The van der Waals surface area contributed by atoms with Crippen LogP contribution in [-0.4, -0.2) is 26.2 Å². The first-order valence-corrected chi connectivity index (χ1v) is 7.60. The summed E-state index contributed by atoms with van der Waals surface area (Å²) in [6, 6.07) is 15.2. The maximum atomic E-state index is 10.5. The Hall–Kier alpha value is -2.66. The smallest absolute Gasteiger partial charge is 0.213 e. The number of pyridine rings is 1. The second-order valence-corrected chi connectivity index (χ2v) is 5.13. The molecule has 2 aromatic heterocycles. The van der Waals surface area contributed by atoms with Crippen molar-refractivity contribution in [2.24, 2.45) is 0 Å². The minimum Gasteiger partial charge on any atom is -0.478 e. The van der Waals surface area contributed by atoms with Crippen molar-refractivity contribution in [3.05, 3.63) is 78.0 Å². The van der Waals surface area contributed by atoms with Crippen LogP contribution < -0.4 is 4.74 Å². The monoisotopic (exact) mass is 309 g/mol. The molecule has 0 aliphatic carbocycles. The van der Waals surface area contributed by atoms with E-state index < -0.39 is 6.10 Å². The Morgan fingerprint density at radius 1 is 1.13 bits per heavy atom. The highest BCUT2D eigenvalue weighted by molar-refractivity contribution is 5.24. The predicted octanol–water partition coefficient (Wildman–Crippen LogP) is 2.81. The number of hydrogen-bond acceptors (Lipinski definition) is 4. The van der Waals surface area contributed by atoms with E-state index in [1.807, 2.05) is 66.2 Å². The maximum absolute atomic E-state index is 10.5. The molecule has 0 saturated heterocycles. The van der Waals surface area contributed by atoms with E-state index in [1.54, 1.807) is 6.20 Å². The third-order valence-corrected chi connectivity index (χ3v) is 3.51. The van der Waals surface area contributed by atoms with Crippen LogP contribution >= 0.6 is 0 Å². The van der Waals surface area contributed by atoms with E-state index in [0.717, 1.165) is 11.3 Å². The SMILES string of the molecule is CCOc1cccc(Cn2ccnc2[C@@H](O)c2ccccc2)n1. The number of ether oxygens (including phenoxy) is 1. The Labute approximate surface area is 135 Å². The average molecular weight is 309 g/mol. The van der Waals surface area contributed by atoms with Crippen molar-refractivity contribution < 1.29 is 9.84 Å². The van der Waals surface area contributed by atoms with E-state index in [9.17, 15) is 5.11 Å². The van der Waals surface area contributed by atoms with Gasteiger partial charge in [-0.15, -0.1) is 0 Å². The van der Waals surface area contributed by atoms with Crippen LogP contribution in [0, 0.1) is 0 Å². The van der Waals surface area contributed by atoms with Crippen LogP contribution in [0.2, 0.25) is 0 Å².